The number of carboxylic acid groups (broad SMARTS) is 1. The molecule has 21 heavy (non-hydrogen) atoms. The van der Waals surface area contributed by atoms with Gasteiger partial charge in [0.25, 0.3) is 0 Å². The van der Waals surface area contributed by atoms with Crippen molar-refractivity contribution in [1.29, 1.82) is 0 Å². The van der Waals surface area contributed by atoms with Gasteiger partial charge in [-0.05, 0) is 12.5 Å². The third kappa shape index (κ3) is 5.83. The van der Waals surface area contributed by atoms with Crippen LogP contribution in [0.4, 0.5) is 0 Å². The van der Waals surface area contributed by atoms with E-state index in [0.29, 0.717) is 26.3 Å². The standard InChI is InChI=1S/C16H25NO4/c1-13(12-21-3)17(9-10-20-2)11-15(16(18)19)14-7-5-4-6-8-14/h4-8,13,15H,9-12H2,1-3H3,(H,18,19). The van der Waals surface area contributed by atoms with Gasteiger partial charge in [0, 0.05) is 33.4 Å². The summed E-state index contributed by atoms with van der Waals surface area (Å²) in [5.74, 6) is -1.37. The van der Waals surface area contributed by atoms with E-state index in [1.807, 2.05) is 37.3 Å². The molecule has 0 fully saturated rings. The van der Waals surface area contributed by atoms with Crippen molar-refractivity contribution >= 4 is 5.97 Å². The van der Waals surface area contributed by atoms with Gasteiger partial charge in [0.2, 0.25) is 0 Å². The Morgan fingerprint density at radius 1 is 1.24 bits per heavy atom. The fourth-order valence-corrected chi connectivity index (χ4v) is 2.29. The van der Waals surface area contributed by atoms with Crippen LogP contribution in [0.1, 0.15) is 18.4 Å². The fraction of sp³-hybridized carbons (Fsp3) is 0.562. The van der Waals surface area contributed by atoms with E-state index in [2.05, 4.69) is 4.90 Å². The van der Waals surface area contributed by atoms with Gasteiger partial charge in [0.05, 0.1) is 19.1 Å². The quantitative estimate of drug-likeness (QED) is 0.714. The lowest BCUT2D eigenvalue weighted by molar-refractivity contribution is -0.139. The van der Waals surface area contributed by atoms with Crippen molar-refractivity contribution in [3.05, 3.63) is 35.9 Å². The predicted octanol–water partition coefficient (Wildman–Crippen LogP) is 1.84. The third-order valence-corrected chi connectivity index (χ3v) is 3.53. The molecule has 1 rings (SSSR count). The van der Waals surface area contributed by atoms with E-state index in [4.69, 9.17) is 9.47 Å². The Bertz CT molecular complexity index is 410. The molecular weight excluding hydrogens is 270 g/mol. The lowest BCUT2D eigenvalue weighted by Crippen LogP contribution is -2.42. The van der Waals surface area contributed by atoms with Gasteiger partial charge >= 0.3 is 5.97 Å². The highest BCUT2D eigenvalue weighted by Crippen LogP contribution is 2.18. The van der Waals surface area contributed by atoms with Crippen molar-refractivity contribution in [2.45, 2.75) is 18.9 Å². The number of carbonyl (C=O) groups is 1. The average Bonchev–Trinajstić information content (AvgIpc) is 2.48. The molecule has 0 aliphatic carbocycles. The molecule has 2 unspecified atom stereocenters. The fourth-order valence-electron chi connectivity index (χ4n) is 2.29. The van der Waals surface area contributed by atoms with Gasteiger partial charge in [0.1, 0.15) is 0 Å². The number of aliphatic carboxylic acids is 1. The molecule has 1 N–H and O–H groups in total. The molecule has 5 nitrogen and oxygen atoms in total. The number of benzene rings is 1. The molecular formula is C16H25NO4. The first-order chi connectivity index (χ1) is 10.1. The minimum Gasteiger partial charge on any atom is -0.481 e. The number of rotatable bonds is 10. The Morgan fingerprint density at radius 3 is 2.43 bits per heavy atom. The van der Waals surface area contributed by atoms with Crippen LogP contribution < -0.4 is 0 Å². The highest BCUT2D eigenvalue weighted by Gasteiger charge is 2.25. The average molecular weight is 295 g/mol. The maximum atomic E-state index is 11.6. The normalized spacial score (nSPS) is 14.1. The summed E-state index contributed by atoms with van der Waals surface area (Å²) >= 11 is 0. The van der Waals surface area contributed by atoms with Gasteiger partial charge in [-0.3, -0.25) is 9.69 Å². The van der Waals surface area contributed by atoms with Crippen LogP contribution in [0.5, 0.6) is 0 Å². The van der Waals surface area contributed by atoms with E-state index < -0.39 is 11.9 Å². The summed E-state index contributed by atoms with van der Waals surface area (Å²) in [6.45, 7) is 4.27. The molecule has 0 amide bonds. The number of nitrogens with zero attached hydrogens (tertiary/aromatic N) is 1. The first kappa shape index (κ1) is 17.6. The van der Waals surface area contributed by atoms with Crippen LogP contribution in [-0.2, 0) is 14.3 Å². The Morgan fingerprint density at radius 2 is 1.90 bits per heavy atom. The van der Waals surface area contributed by atoms with E-state index >= 15 is 0 Å². The third-order valence-electron chi connectivity index (χ3n) is 3.53. The minimum atomic E-state index is -0.812. The molecule has 0 bridgehead atoms. The summed E-state index contributed by atoms with van der Waals surface area (Å²) in [6, 6.07) is 9.46. The molecule has 0 radical (unpaired) electrons. The number of hydrogen-bond acceptors (Lipinski definition) is 4. The molecule has 0 aliphatic rings. The van der Waals surface area contributed by atoms with Gasteiger partial charge < -0.3 is 14.6 Å². The SMILES string of the molecule is COCCN(CC(C(=O)O)c1ccccc1)C(C)COC. The van der Waals surface area contributed by atoms with Gasteiger partial charge in [-0.2, -0.15) is 0 Å². The monoisotopic (exact) mass is 295 g/mol. The van der Waals surface area contributed by atoms with Crippen LogP contribution in [0.3, 0.4) is 0 Å². The first-order valence-electron chi connectivity index (χ1n) is 7.09. The van der Waals surface area contributed by atoms with E-state index in [0.717, 1.165) is 5.56 Å². The maximum Gasteiger partial charge on any atom is 0.312 e. The maximum absolute atomic E-state index is 11.6. The van der Waals surface area contributed by atoms with Crippen molar-refractivity contribution in [1.82, 2.24) is 4.90 Å². The molecule has 0 heterocycles. The van der Waals surface area contributed by atoms with E-state index in [1.54, 1.807) is 14.2 Å². The first-order valence-corrected chi connectivity index (χ1v) is 7.09. The predicted molar refractivity (Wildman–Crippen MR) is 81.6 cm³/mol. The van der Waals surface area contributed by atoms with Crippen molar-refractivity contribution in [3.8, 4) is 0 Å². The molecule has 0 aromatic heterocycles. The molecule has 0 saturated heterocycles. The van der Waals surface area contributed by atoms with Crippen LogP contribution in [0, 0.1) is 0 Å². The molecule has 1 aromatic carbocycles. The van der Waals surface area contributed by atoms with Gasteiger partial charge in [0.15, 0.2) is 0 Å². The zero-order valence-corrected chi connectivity index (χ0v) is 13.0. The highest BCUT2D eigenvalue weighted by atomic mass is 16.5. The molecule has 5 heteroatoms. The molecule has 118 valence electrons. The van der Waals surface area contributed by atoms with Gasteiger partial charge in [-0.1, -0.05) is 30.3 Å². The molecule has 0 saturated carbocycles. The van der Waals surface area contributed by atoms with Crippen LogP contribution >= 0.6 is 0 Å². The van der Waals surface area contributed by atoms with Crippen LogP contribution in [0.25, 0.3) is 0 Å². The lowest BCUT2D eigenvalue weighted by Gasteiger charge is -2.30. The Labute approximate surface area is 126 Å². The van der Waals surface area contributed by atoms with Crippen molar-refractivity contribution in [3.63, 3.8) is 0 Å². The zero-order valence-electron chi connectivity index (χ0n) is 13.0. The second-order valence-corrected chi connectivity index (χ2v) is 5.09. The second-order valence-electron chi connectivity index (χ2n) is 5.09. The minimum absolute atomic E-state index is 0.135. The highest BCUT2D eigenvalue weighted by molar-refractivity contribution is 5.76. The Hall–Kier alpha value is -1.43. The van der Waals surface area contributed by atoms with Crippen LogP contribution in [-0.4, -0.2) is 62.5 Å². The number of carboxylic acids is 1. The summed E-state index contributed by atoms with van der Waals surface area (Å²) < 4.78 is 10.3. The summed E-state index contributed by atoms with van der Waals surface area (Å²) in [5.41, 5.74) is 0.817. The van der Waals surface area contributed by atoms with Crippen LogP contribution in [0.2, 0.25) is 0 Å². The molecule has 1 aromatic rings. The molecule has 2 atom stereocenters. The summed E-state index contributed by atoms with van der Waals surface area (Å²) in [7, 11) is 3.29. The topological polar surface area (TPSA) is 59.0 Å². The number of hydrogen-bond donors (Lipinski definition) is 1. The van der Waals surface area contributed by atoms with E-state index in [-0.39, 0.29) is 6.04 Å². The number of ether oxygens (including phenoxy) is 2. The smallest absolute Gasteiger partial charge is 0.312 e. The van der Waals surface area contributed by atoms with Crippen molar-refractivity contribution in [2.24, 2.45) is 0 Å². The Balaban J connectivity index is 2.83. The van der Waals surface area contributed by atoms with Gasteiger partial charge in [-0.15, -0.1) is 0 Å². The van der Waals surface area contributed by atoms with Gasteiger partial charge in [-0.25, -0.2) is 0 Å². The summed E-state index contributed by atoms with van der Waals surface area (Å²) in [6.07, 6.45) is 0. The molecule has 0 spiro atoms. The van der Waals surface area contributed by atoms with E-state index in [1.165, 1.54) is 0 Å². The van der Waals surface area contributed by atoms with Crippen molar-refractivity contribution < 1.29 is 19.4 Å². The molecule has 0 aliphatic heterocycles. The van der Waals surface area contributed by atoms with E-state index in [9.17, 15) is 9.90 Å². The zero-order chi connectivity index (χ0) is 15.7. The largest absolute Gasteiger partial charge is 0.481 e. The van der Waals surface area contributed by atoms with Crippen LogP contribution in [0.15, 0.2) is 30.3 Å². The second kappa shape index (κ2) is 9.50. The lowest BCUT2D eigenvalue weighted by atomic mass is 9.98. The van der Waals surface area contributed by atoms with Crippen molar-refractivity contribution in [2.75, 3.05) is 40.5 Å². The Kier molecular flexibility index (Phi) is 7.97. The summed E-state index contributed by atoms with van der Waals surface area (Å²) in [5, 5.41) is 9.52. The summed E-state index contributed by atoms with van der Waals surface area (Å²) in [4.78, 5) is 13.7. The number of methoxy groups -OCH3 is 2.